The van der Waals surface area contributed by atoms with Crippen molar-refractivity contribution in [3.8, 4) is 0 Å². The van der Waals surface area contributed by atoms with Gasteiger partial charge >= 0.3 is 7.82 Å². The molecule has 1 unspecified atom stereocenters. The Labute approximate surface area is 301 Å². The van der Waals surface area contributed by atoms with E-state index in [-0.39, 0.29) is 69.2 Å². The highest BCUT2D eigenvalue weighted by atomic mass is 31.2. The van der Waals surface area contributed by atoms with Gasteiger partial charge in [0.2, 0.25) is 17.8 Å². The van der Waals surface area contributed by atoms with Crippen LogP contribution >= 0.6 is 7.82 Å². The third-order valence-corrected chi connectivity index (χ3v) is 8.55. The summed E-state index contributed by atoms with van der Waals surface area (Å²) in [5.41, 5.74) is 4.97. The van der Waals surface area contributed by atoms with Crippen LogP contribution in [0.1, 0.15) is 32.4 Å². The fourth-order valence-electron chi connectivity index (χ4n) is 5.52. The molecule has 53 heavy (non-hydrogen) atoms. The van der Waals surface area contributed by atoms with Crippen molar-refractivity contribution in [1.29, 1.82) is 0 Å². The third-order valence-electron chi connectivity index (χ3n) is 8.06. The number of nitrogen functional groups attached to an aromatic ring is 1. The number of nitrogens with zero attached hydrogens (tertiary/aromatic N) is 3. The number of hydrogen-bond acceptors (Lipinski definition) is 18. The molecule has 2 amide bonds. The molecule has 2 fully saturated rings. The Morgan fingerprint density at radius 2 is 1.79 bits per heavy atom. The standard InChI is InChI=1S/C28H46N7O17P/c1-14(37)32-18-22(41)20(39)15(10-36)52-27(18)48-6-3-2-4-17(38)30-5-7-46-8-9-47-13-49-23-21(40)16(11-50-53(43,44)45)51-26(23)35-12-31-19-24(35)33-28(29)34-25(19)42/h12,15-16,18,20-23,26-27,36,39-41H,2-11,13H2,1H3,(H,30,38)(H,32,37)(H2,43,44,45)(H3,29,33,34,42)/t15?,16-,18-,20+,21-,22-,23-,26-,27-/m1/s1. The van der Waals surface area contributed by atoms with Crippen LogP contribution < -0.4 is 21.9 Å². The van der Waals surface area contributed by atoms with Gasteiger partial charge in [-0.15, -0.1) is 0 Å². The van der Waals surface area contributed by atoms with E-state index in [2.05, 4.69) is 30.1 Å². The number of aromatic nitrogens is 4. The molecule has 2 aliphatic heterocycles. The first-order chi connectivity index (χ1) is 25.2. The number of imidazole rings is 1. The van der Waals surface area contributed by atoms with Gasteiger partial charge in [-0.25, -0.2) is 9.55 Å². The molecule has 2 saturated heterocycles. The lowest BCUT2D eigenvalue weighted by molar-refractivity contribution is -0.270. The van der Waals surface area contributed by atoms with E-state index in [1.807, 2.05) is 0 Å². The second-order valence-electron chi connectivity index (χ2n) is 12.0. The number of nitrogens with two attached hydrogens (primary N) is 1. The molecule has 0 spiro atoms. The van der Waals surface area contributed by atoms with Crippen molar-refractivity contribution in [2.24, 2.45) is 0 Å². The monoisotopic (exact) mass is 783 g/mol. The maximum Gasteiger partial charge on any atom is 0.469 e. The Morgan fingerprint density at radius 1 is 1.04 bits per heavy atom. The van der Waals surface area contributed by atoms with Crippen molar-refractivity contribution in [3.63, 3.8) is 0 Å². The average Bonchev–Trinajstić information content (AvgIpc) is 3.65. The number of ether oxygens (including phenoxy) is 6. The Bertz CT molecular complexity index is 1590. The number of fused-ring (bicyclic) bond motifs is 1. The van der Waals surface area contributed by atoms with Gasteiger partial charge in [0, 0.05) is 26.5 Å². The van der Waals surface area contributed by atoms with Gasteiger partial charge in [-0.3, -0.25) is 28.5 Å². The van der Waals surface area contributed by atoms with Gasteiger partial charge in [0.05, 0.1) is 39.4 Å². The van der Waals surface area contributed by atoms with E-state index < -0.39 is 87.7 Å². The summed E-state index contributed by atoms with van der Waals surface area (Å²) in [4.78, 5) is 64.5. The van der Waals surface area contributed by atoms with Crippen molar-refractivity contribution in [1.82, 2.24) is 30.2 Å². The van der Waals surface area contributed by atoms with Gasteiger partial charge in [0.25, 0.3) is 5.56 Å². The number of unbranched alkanes of at least 4 members (excludes halogenated alkanes) is 1. The van der Waals surface area contributed by atoms with Crippen LogP contribution in [0, 0.1) is 0 Å². The van der Waals surface area contributed by atoms with Crippen LogP contribution in [0.2, 0.25) is 0 Å². The second kappa shape index (κ2) is 19.9. The fourth-order valence-corrected chi connectivity index (χ4v) is 5.86. The highest BCUT2D eigenvalue weighted by Gasteiger charge is 2.47. The van der Waals surface area contributed by atoms with E-state index in [0.717, 1.165) is 0 Å². The number of aromatic amines is 1. The molecular weight excluding hydrogens is 737 g/mol. The SMILES string of the molecule is CC(=O)N[C@H]1[C@H](OCCCCC(=O)NCCOCCOCO[C@@H]2[C@H](O)[C@@H](COP(=O)(O)O)O[C@H]2n2cnc3c(=O)[nH]c(N)nc32)OC(CO)[C@H](O)[C@@H]1O. The van der Waals surface area contributed by atoms with Gasteiger partial charge in [-0.05, 0) is 12.8 Å². The van der Waals surface area contributed by atoms with E-state index >= 15 is 0 Å². The molecule has 2 aromatic heterocycles. The molecule has 0 radical (unpaired) electrons. The summed E-state index contributed by atoms with van der Waals surface area (Å²) in [7, 11) is -4.89. The first-order valence-corrected chi connectivity index (χ1v) is 18.0. The van der Waals surface area contributed by atoms with Crippen LogP contribution in [0.3, 0.4) is 0 Å². The maximum atomic E-state index is 12.2. The maximum absolute atomic E-state index is 12.2. The smallest absolute Gasteiger partial charge is 0.394 e. The molecule has 0 saturated carbocycles. The number of carbonyl (C=O) groups is 2. The minimum absolute atomic E-state index is 0.00745. The first-order valence-electron chi connectivity index (χ1n) is 16.5. The average molecular weight is 784 g/mol. The molecule has 300 valence electrons. The van der Waals surface area contributed by atoms with Gasteiger partial charge in [-0.2, -0.15) is 4.98 Å². The first kappa shape index (κ1) is 42.5. The van der Waals surface area contributed by atoms with Crippen molar-refractivity contribution in [2.45, 2.75) is 81.4 Å². The van der Waals surface area contributed by atoms with Gasteiger partial charge < -0.3 is 75.0 Å². The largest absolute Gasteiger partial charge is 0.469 e. The van der Waals surface area contributed by atoms with Gasteiger partial charge in [-0.1, -0.05) is 0 Å². The predicted molar refractivity (Wildman–Crippen MR) is 175 cm³/mol. The number of hydrogen-bond donors (Lipinski definition) is 10. The Kier molecular flexibility index (Phi) is 16.0. The summed E-state index contributed by atoms with van der Waals surface area (Å²) in [5, 5.41) is 45.8. The van der Waals surface area contributed by atoms with Crippen molar-refractivity contribution in [3.05, 3.63) is 16.7 Å². The quantitative estimate of drug-likeness (QED) is 0.0325. The number of aliphatic hydroxyl groups is 4. The van der Waals surface area contributed by atoms with Crippen molar-refractivity contribution in [2.75, 3.05) is 58.7 Å². The van der Waals surface area contributed by atoms with Crippen LogP contribution in [0.25, 0.3) is 11.2 Å². The number of rotatable bonds is 21. The fraction of sp³-hybridized carbons (Fsp3) is 0.750. The van der Waals surface area contributed by atoms with E-state index in [4.69, 9.17) is 43.9 Å². The minimum atomic E-state index is -4.89. The lowest BCUT2D eigenvalue weighted by Crippen LogP contribution is -2.64. The lowest BCUT2D eigenvalue weighted by atomic mass is 9.97. The molecule has 11 N–H and O–H groups in total. The lowest BCUT2D eigenvalue weighted by Gasteiger charge is -2.42. The van der Waals surface area contributed by atoms with Crippen LogP contribution in [-0.4, -0.2) is 163 Å². The summed E-state index contributed by atoms with van der Waals surface area (Å²) < 4.78 is 50.4. The molecule has 25 heteroatoms. The highest BCUT2D eigenvalue weighted by Crippen LogP contribution is 2.39. The van der Waals surface area contributed by atoms with Crippen molar-refractivity contribution >= 4 is 36.7 Å². The van der Waals surface area contributed by atoms with Gasteiger partial charge in [0.1, 0.15) is 49.5 Å². The van der Waals surface area contributed by atoms with E-state index in [1.54, 1.807) is 0 Å². The summed E-state index contributed by atoms with van der Waals surface area (Å²) in [6, 6.07) is -1.05. The van der Waals surface area contributed by atoms with E-state index in [1.165, 1.54) is 17.8 Å². The number of nitrogens with one attached hydrogen (secondary N) is 3. The molecule has 0 bridgehead atoms. The van der Waals surface area contributed by atoms with Crippen LogP contribution in [0.15, 0.2) is 11.1 Å². The number of phosphoric ester groups is 1. The Hall–Kier alpha value is -3.20. The Morgan fingerprint density at radius 3 is 2.51 bits per heavy atom. The van der Waals surface area contributed by atoms with Crippen LogP contribution in [0.4, 0.5) is 5.95 Å². The highest BCUT2D eigenvalue weighted by molar-refractivity contribution is 7.46. The molecule has 2 aliphatic rings. The van der Waals surface area contributed by atoms with Crippen LogP contribution in [0.5, 0.6) is 0 Å². The summed E-state index contributed by atoms with van der Waals surface area (Å²) in [5.74, 6) is -0.905. The van der Waals surface area contributed by atoms with Gasteiger partial charge in [0.15, 0.2) is 23.7 Å². The van der Waals surface area contributed by atoms with E-state index in [0.29, 0.717) is 12.8 Å². The zero-order chi connectivity index (χ0) is 38.7. The number of H-pyrrole nitrogens is 1. The molecule has 9 atom stereocenters. The molecule has 2 aromatic rings. The zero-order valence-corrected chi connectivity index (χ0v) is 29.5. The normalized spacial score (nSPS) is 27.6. The molecule has 4 rings (SSSR count). The minimum Gasteiger partial charge on any atom is -0.394 e. The number of amides is 2. The number of aliphatic hydroxyl groups excluding tert-OH is 4. The third kappa shape index (κ3) is 12.1. The van der Waals surface area contributed by atoms with E-state index in [9.17, 15) is 39.4 Å². The number of anilines is 1. The summed E-state index contributed by atoms with van der Waals surface area (Å²) >= 11 is 0. The summed E-state index contributed by atoms with van der Waals surface area (Å²) in [6.07, 6.45) is -7.84. The predicted octanol–water partition coefficient (Wildman–Crippen LogP) is -4.31. The topological polar surface area (TPSA) is 351 Å². The Balaban J connectivity index is 1.11. The zero-order valence-electron chi connectivity index (χ0n) is 28.6. The molecule has 0 aromatic carbocycles. The molecule has 24 nitrogen and oxygen atoms in total. The number of phosphoric acid groups is 1. The van der Waals surface area contributed by atoms with Crippen molar-refractivity contribution < 1.29 is 77.3 Å². The molecule has 4 heterocycles. The molecular formula is C28H46N7O17P. The molecule has 0 aliphatic carbocycles. The summed E-state index contributed by atoms with van der Waals surface area (Å²) in [6.45, 7) is 0.296. The van der Waals surface area contributed by atoms with Crippen LogP contribution in [-0.2, 0) is 47.1 Å². The number of carbonyl (C=O) groups excluding carboxylic acids is 2. The second-order valence-corrected chi connectivity index (χ2v) is 13.2.